The molecule has 2 rings (SSSR count). The Balaban J connectivity index is 2.25. The van der Waals surface area contributed by atoms with Crippen molar-refractivity contribution in [3.8, 4) is 0 Å². The van der Waals surface area contributed by atoms with Crippen LogP contribution in [-0.4, -0.2) is 5.91 Å². The van der Waals surface area contributed by atoms with Gasteiger partial charge in [0.2, 0.25) is 0 Å². The maximum absolute atomic E-state index is 12.2. The number of amides is 1. The van der Waals surface area contributed by atoms with Gasteiger partial charge in [-0.15, -0.1) is 0 Å². The van der Waals surface area contributed by atoms with Crippen LogP contribution in [0.4, 0.5) is 5.69 Å². The summed E-state index contributed by atoms with van der Waals surface area (Å²) in [6, 6.07) is 10.7. The van der Waals surface area contributed by atoms with Gasteiger partial charge in [0.25, 0.3) is 5.91 Å². The lowest BCUT2D eigenvalue weighted by molar-refractivity contribution is 0.102. The molecule has 98 valence electrons. The van der Waals surface area contributed by atoms with Crippen molar-refractivity contribution in [2.24, 2.45) is 0 Å². The summed E-state index contributed by atoms with van der Waals surface area (Å²) in [4.78, 5) is 12.2. The van der Waals surface area contributed by atoms with E-state index in [4.69, 9.17) is 23.2 Å². The number of nitrogens with one attached hydrogen (secondary N) is 1. The van der Waals surface area contributed by atoms with Crippen molar-refractivity contribution in [2.45, 2.75) is 13.8 Å². The predicted molar refractivity (Wildman–Crippen MR) is 80.3 cm³/mol. The Bertz CT molecular complexity index is 618. The zero-order chi connectivity index (χ0) is 14.0. The molecule has 0 aliphatic rings. The largest absolute Gasteiger partial charge is 0.321 e. The summed E-state index contributed by atoms with van der Waals surface area (Å²) >= 11 is 11.8. The summed E-state index contributed by atoms with van der Waals surface area (Å²) in [5.41, 5.74) is 3.26. The molecule has 0 unspecified atom stereocenters. The van der Waals surface area contributed by atoms with E-state index < -0.39 is 0 Å². The van der Waals surface area contributed by atoms with Crippen LogP contribution in [0.5, 0.6) is 0 Å². The molecular weight excluding hydrogens is 281 g/mol. The van der Waals surface area contributed by atoms with E-state index in [0.29, 0.717) is 21.3 Å². The number of aryl methyl sites for hydroxylation is 2. The van der Waals surface area contributed by atoms with Crippen molar-refractivity contribution in [1.82, 2.24) is 0 Å². The number of carbonyl (C=O) groups excluding carboxylic acids is 1. The van der Waals surface area contributed by atoms with Gasteiger partial charge in [-0.1, -0.05) is 40.4 Å². The van der Waals surface area contributed by atoms with Gasteiger partial charge in [-0.2, -0.15) is 0 Å². The lowest BCUT2D eigenvalue weighted by Crippen LogP contribution is -2.12. The normalized spacial score (nSPS) is 10.3. The summed E-state index contributed by atoms with van der Waals surface area (Å²) in [5, 5.41) is 3.74. The Morgan fingerprint density at radius 1 is 1.00 bits per heavy atom. The van der Waals surface area contributed by atoms with E-state index in [1.54, 1.807) is 18.2 Å². The summed E-state index contributed by atoms with van der Waals surface area (Å²) in [5.74, 6) is -0.184. The molecule has 0 heterocycles. The number of carbonyl (C=O) groups is 1. The molecule has 0 aromatic heterocycles. The second-order valence-electron chi connectivity index (χ2n) is 4.45. The van der Waals surface area contributed by atoms with Crippen LogP contribution in [0.3, 0.4) is 0 Å². The number of halogens is 2. The maximum atomic E-state index is 12.2. The van der Waals surface area contributed by atoms with Crippen LogP contribution >= 0.6 is 23.2 Å². The molecule has 2 nitrogen and oxygen atoms in total. The van der Waals surface area contributed by atoms with E-state index in [0.717, 1.165) is 11.1 Å². The number of hydrogen-bond donors (Lipinski definition) is 1. The summed E-state index contributed by atoms with van der Waals surface area (Å²) in [6.07, 6.45) is 0. The predicted octanol–water partition coefficient (Wildman–Crippen LogP) is 4.86. The van der Waals surface area contributed by atoms with Gasteiger partial charge in [-0.05, 0) is 44.2 Å². The van der Waals surface area contributed by atoms with Gasteiger partial charge in [-0.3, -0.25) is 4.79 Å². The van der Waals surface area contributed by atoms with Gasteiger partial charge in [0.05, 0.1) is 10.7 Å². The lowest BCUT2D eigenvalue weighted by atomic mass is 10.1. The number of hydrogen-bond acceptors (Lipinski definition) is 1. The van der Waals surface area contributed by atoms with E-state index in [1.165, 1.54) is 0 Å². The van der Waals surface area contributed by atoms with Crippen molar-refractivity contribution >= 4 is 34.8 Å². The van der Waals surface area contributed by atoms with E-state index >= 15 is 0 Å². The lowest BCUT2D eigenvalue weighted by Gasteiger charge is -2.09. The fraction of sp³-hybridized carbons (Fsp3) is 0.133. The van der Waals surface area contributed by atoms with Crippen molar-refractivity contribution in [1.29, 1.82) is 0 Å². The van der Waals surface area contributed by atoms with E-state index in [9.17, 15) is 4.79 Å². The summed E-state index contributed by atoms with van der Waals surface area (Å²) in [6.45, 7) is 3.91. The first kappa shape index (κ1) is 13.9. The average Bonchev–Trinajstić information content (AvgIpc) is 2.31. The van der Waals surface area contributed by atoms with Crippen molar-refractivity contribution in [3.63, 3.8) is 0 Å². The molecule has 0 radical (unpaired) electrons. The van der Waals surface area contributed by atoms with Gasteiger partial charge in [0.1, 0.15) is 0 Å². The summed E-state index contributed by atoms with van der Waals surface area (Å²) in [7, 11) is 0. The van der Waals surface area contributed by atoms with Crippen molar-refractivity contribution in [2.75, 3.05) is 5.32 Å². The molecular formula is C15H13Cl2NO. The smallest absolute Gasteiger partial charge is 0.255 e. The Hall–Kier alpha value is -1.51. The minimum atomic E-state index is -0.184. The highest BCUT2D eigenvalue weighted by Crippen LogP contribution is 2.26. The van der Waals surface area contributed by atoms with Gasteiger partial charge in [0, 0.05) is 10.6 Å². The van der Waals surface area contributed by atoms with Gasteiger partial charge in [0.15, 0.2) is 0 Å². The monoisotopic (exact) mass is 293 g/mol. The molecule has 0 spiro atoms. The third-order valence-corrected chi connectivity index (χ3v) is 3.21. The number of benzene rings is 2. The molecule has 19 heavy (non-hydrogen) atoms. The van der Waals surface area contributed by atoms with E-state index in [1.807, 2.05) is 32.0 Å². The van der Waals surface area contributed by atoms with Crippen molar-refractivity contribution < 1.29 is 4.79 Å². The molecule has 0 bridgehead atoms. The Labute approximate surface area is 122 Å². The summed E-state index contributed by atoms with van der Waals surface area (Å²) < 4.78 is 0. The highest BCUT2D eigenvalue weighted by molar-refractivity contribution is 6.36. The van der Waals surface area contributed by atoms with Crippen LogP contribution in [0.25, 0.3) is 0 Å². The van der Waals surface area contributed by atoms with Gasteiger partial charge in [-0.25, -0.2) is 0 Å². The topological polar surface area (TPSA) is 29.1 Å². The number of anilines is 1. The van der Waals surface area contributed by atoms with Crippen molar-refractivity contribution in [3.05, 3.63) is 63.1 Å². The molecule has 2 aromatic rings. The first-order valence-corrected chi connectivity index (χ1v) is 6.56. The molecule has 0 fully saturated rings. The van der Waals surface area contributed by atoms with Gasteiger partial charge >= 0.3 is 0 Å². The van der Waals surface area contributed by atoms with Crippen LogP contribution in [0, 0.1) is 13.8 Å². The van der Waals surface area contributed by atoms with Gasteiger partial charge < -0.3 is 5.32 Å². The average molecular weight is 294 g/mol. The molecule has 0 aliphatic carbocycles. The van der Waals surface area contributed by atoms with Crippen LogP contribution in [0.2, 0.25) is 10.0 Å². The Kier molecular flexibility index (Phi) is 4.13. The molecule has 0 saturated carbocycles. The minimum Gasteiger partial charge on any atom is -0.321 e. The van der Waals surface area contributed by atoms with Crippen LogP contribution in [-0.2, 0) is 0 Å². The zero-order valence-corrected chi connectivity index (χ0v) is 12.1. The quantitative estimate of drug-likeness (QED) is 0.841. The van der Waals surface area contributed by atoms with Crippen LogP contribution < -0.4 is 5.32 Å². The minimum absolute atomic E-state index is 0.184. The molecule has 1 N–H and O–H groups in total. The fourth-order valence-corrected chi connectivity index (χ4v) is 2.35. The molecule has 1 amide bonds. The third kappa shape index (κ3) is 3.49. The maximum Gasteiger partial charge on any atom is 0.255 e. The molecule has 2 aromatic carbocycles. The highest BCUT2D eigenvalue weighted by atomic mass is 35.5. The third-order valence-electron chi connectivity index (χ3n) is 2.66. The highest BCUT2D eigenvalue weighted by Gasteiger charge is 2.09. The molecule has 0 atom stereocenters. The Morgan fingerprint density at radius 3 is 2.21 bits per heavy atom. The molecule has 4 heteroatoms. The molecule has 0 aliphatic heterocycles. The van der Waals surface area contributed by atoms with Crippen LogP contribution in [0.1, 0.15) is 21.5 Å². The zero-order valence-electron chi connectivity index (χ0n) is 10.6. The first-order valence-electron chi connectivity index (χ1n) is 5.80. The first-order chi connectivity index (χ1) is 8.95. The molecule has 0 saturated heterocycles. The second kappa shape index (κ2) is 5.64. The standard InChI is InChI=1S/C15H13Cl2NO/c1-9-5-10(2)7-11(6-9)15(19)18-14-4-3-12(16)8-13(14)17/h3-8H,1-2H3,(H,18,19). The second-order valence-corrected chi connectivity index (χ2v) is 5.30. The van der Waals surface area contributed by atoms with Crippen LogP contribution in [0.15, 0.2) is 36.4 Å². The van der Waals surface area contributed by atoms with E-state index in [-0.39, 0.29) is 5.91 Å². The SMILES string of the molecule is Cc1cc(C)cc(C(=O)Nc2ccc(Cl)cc2Cl)c1. The van der Waals surface area contributed by atoms with E-state index in [2.05, 4.69) is 5.32 Å². The number of rotatable bonds is 2. The fourth-order valence-electron chi connectivity index (χ4n) is 1.89. The Morgan fingerprint density at radius 2 is 1.63 bits per heavy atom.